The summed E-state index contributed by atoms with van der Waals surface area (Å²) in [5.74, 6) is -0.159. The first-order chi connectivity index (χ1) is 20.4. The number of phenols is 1. The van der Waals surface area contributed by atoms with Crippen molar-refractivity contribution in [1.82, 2.24) is 20.0 Å². The molecule has 4 amide bonds. The van der Waals surface area contributed by atoms with Crippen molar-refractivity contribution in [3.05, 3.63) is 114 Å². The molecule has 0 aliphatic carbocycles. The van der Waals surface area contributed by atoms with E-state index in [1.54, 1.807) is 34.1 Å². The highest BCUT2D eigenvalue weighted by atomic mass is 16.3. The minimum atomic E-state index is -0.789. The van der Waals surface area contributed by atoms with Crippen molar-refractivity contribution >= 4 is 28.6 Å². The number of benzene rings is 4. The first-order valence-corrected chi connectivity index (χ1v) is 14.4. The van der Waals surface area contributed by atoms with Crippen molar-refractivity contribution in [3.63, 3.8) is 0 Å². The van der Waals surface area contributed by atoms with E-state index in [9.17, 15) is 19.5 Å². The number of carbonyl (C=O) groups excluding carboxylic acids is 3. The molecule has 0 aromatic heterocycles. The average Bonchev–Trinajstić information content (AvgIpc) is 3.01. The van der Waals surface area contributed by atoms with Gasteiger partial charge in [0.2, 0.25) is 11.8 Å². The zero-order valence-electron chi connectivity index (χ0n) is 23.5. The molecule has 3 unspecified atom stereocenters. The molecule has 2 aliphatic rings. The van der Waals surface area contributed by atoms with Crippen molar-refractivity contribution in [1.29, 1.82) is 0 Å². The minimum Gasteiger partial charge on any atom is -0.508 e. The molecule has 8 heteroatoms. The lowest BCUT2D eigenvalue weighted by Gasteiger charge is -2.55. The van der Waals surface area contributed by atoms with E-state index in [0.717, 1.165) is 27.5 Å². The minimum absolute atomic E-state index is 0.133. The molecule has 2 fully saturated rings. The molecular formula is C34H34N4O4. The Morgan fingerprint density at radius 1 is 0.881 bits per heavy atom. The SMILES string of the molecule is CC1C2N(C(=O)NCc3ccccc3)CCC(=O)N2C(Cc2ccc(O)cc2)C(=O)N1Cc1cccc2ccccc12. The second kappa shape index (κ2) is 11.6. The average molecular weight is 563 g/mol. The second-order valence-corrected chi connectivity index (χ2v) is 11.0. The fraction of sp³-hybridized carbons (Fsp3) is 0.265. The van der Waals surface area contributed by atoms with Gasteiger partial charge in [-0.25, -0.2) is 4.79 Å². The van der Waals surface area contributed by atoms with Gasteiger partial charge >= 0.3 is 6.03 Å². The van der Waals surface area contributed by atoms with Crippen LogP contribution in [0.4, 0.5) is 4.79 Å². The van der Waals surface area contributed by atoms with Gasteiger partial charge in [0.15, 0.2) is 0 Å². The van der Waals surface area contributed by atoms with Crippen LogP contribution in [0.25, 0.3) is 10.8 Å². The zero-order chi connectivity index (χ0) is 29.2. The maximum absolute atomic E-state index is 14.3. The van der Waals surface area contributed by atoms with E-state index in [2.05, 4.69) is 11.4 Å². The number of phenolic OH excluding ortho intramolecular Hbond substituents is 1. The molecule has 6 rings (SSSR count). The van der Waals surface area contributed by atoms with Crippen LogP contribution >= 0.6 is 0 Å². The van der Waals surface area contributed by atoms with Crippen LogP contribution in [0.3, 0.4) is 0 Å². The number of aromatic hydroxyl groups is 1. The molecular weight excluding hydrogens is 528 g/mol. The van der Waals surface area contributed by atoms with Gasteiger partial charge in [0, 0.05) is 32.5 Å². The second-order valence-electron chi connectivity index (χ2n) is 11.0. The number of nitrogens with one attached hydrogen (secondary N) is 1. The van der Waals surface area contributed by atoms with Crippen LogP contribution in [-0.2, 0) is 29.1 Å². The lowest BCUT2D eigenvalue weighted by atomic mass is 9.93. The van der Waals surface area contributed by atoms with Gasteiger partial charge in [-0.05, 0) is 46.5 Å². The standard InChI is InChI=1S/C34H34N4O4/c1-23-32-36(34(42)35-21-25-8-3-2-4-9-25)19-18-31(40)38(32)30(20-24-14-16-28(39)17-15-24)33(41)37(23)22-27-12-7-11-26-10-5-6-13-29(26)27/h2-17,23,30,32,39H,18-22H2,1H3,(H,35,42). The van der Waals surface area contributed by atoms with Crippen LogP contribution in [0.2, 0.25) is 0 Å². The molecule has 0 spiro atoms. The molecule has 4 aromatic rings. The predicted octanol–water partition coefficient (Wildman–Crippen LogP) is 4.66. The number of hydrogen-bond donors (Lipinski definition) is 2. The number of urea groups is 1. The van der Waals surface area contributed by atoms with Gasteiger partial charge in [0.05, 0.1) is 6.04 Å². The molecule has 3 atom stereocenters. The fourth-order valence-corrected chi connectivity index (χ4v) is 6.27. The largest absolute Gasteiger partial charge is 0.508 e. The van der Waals surface area contributed by atoms with Crippen LogP contribution in [0, 0.1) is 0 Å². The van der Waals surface area contributed by atoms with E-state index in [1.165, 1.54) is 0 Å². The Balaban J connectivity index is 1.35. The maximum atomic E-state index is 14.3. The number of nitrogens with zero attached hydrogens (tertiary/aromatic N) is 3. The van der Waals surface area contributed by atoms with Gasteiger partial charge in [-0.1, -0.05) is 84.9 Å². The molecule has 42 heavy (non-hydrogen) atoms. The molecule has 0 radical (unpaired) electrons. The monoisotopic (exact) mass is 562 g/mol. The van der Waals surface area contributed by atoms with Gasteiger partial charge in [-0.2, -0.15) is 0 Å². The van der Waals surface area contributed by atoms with Gasteiger partial charge in [0.1, 0.15) is 18.0 Å². The summed E-state index contributed by atoms with van der Waals surface area (Å²) in [7, 11) is 0. The van der Waals surface area contributed by atoms with E-state index >= 15 is 0 Å². The normalized spacial score (nSPS) is 20.5. The van der Waals surface area contributed by atoms with Crippen molar-refractivity contribution in [2.75, 3.05) is 6.54 Å². The van der Waals surface area contributed by atoms with E-state index in [4.69, 9.17) is 0 Å². The van der Waals surface area contributed by atoms with Crippen LogP contribution in [-0.4, -0.2) is 62.4 Å². The quantitative estimate of drug-likeness (QED) is 0.358. The number of amides is 4. The van der Waals surface area contributed by atoms with Crippen molar-refractivity contribution in [2.24, 2.45) is 0 Å². The van der Waals surface area contributed by atoms with E-state index in [-0.39, 0.29) is 43.0 Å². The van der Waals surface area contributed by atoms with Crippen LogP contribution in [0.1, 0.15) is 30.0 Å². The molecule has 0 bridgehead atoms. The smallest absolute Gasteiger partial charge is 0.319 e. The van der Waals surface area contributed by atoms with Gasteiger partial charge in [-0.15, -0.1) is 0 Å². The Morgan fingerprint density at radius 3 is 2.38 bits per heavy atom. The Bertz CT molecular complexity index is 1600. The molecule has 2 saturated heterocycles. The van der Waals surface area contributed by atoms with E-state index < -0.39 is 18.2 Å². The predicted molar refractivity (Wildman–Crippen MR) is 160 cm³/mol. The van der Waals surface area contributed by atoms with E-state index in [0.29, 0.717) is 13.1 Å². The Morgan fingerprint density at radius 2 is 1.60 bits per heavy atom. The number of rotatable bonds is 6. The van der Waals surface area contributed by atoms with Gasteiger partial charge in [0.25, 0.3) is 0 Å². The summed E-state index contributed by atoms with van der Waals surface area (Å²) in [5.41, 5.74) is 2.81. The Kier molecular flexibility index (Phi) is 7.52. The van der Waals surface area contributed by atoms with Gasteiger partial charge in [-0.3, -0.25) is 9.59 Å². The number of hydrogen-bond acceptors (Lipinski definition) is 4. The Hall–Kier alpha value is -4.85. The summed E-state index contributed by atoms with van der Waals surface area (Å²) in [6, 6.07) is 29.0. The highest BCUT2D eigenvalue weighted by Gasteiger charge is 2.52. The van der Waals surface area contributed by atoms with Crippen LogP contribution in [0.5, 0.6) is 5.75 Å². The number of piperazine rings is 1. The zero-order valence-corrected chi connectivity index (χ0v) is 23.5. The molecule has 8 nitrogen and oxygen atoms in total. The van der Waals surface area contributed by atoms with E-state index in [1.807, 2.05) is 78.6 Å². The summed E-state index contributed by atoms with van der Waals surface area (Å²) >= 11 is 0. The third-order valence-corrected chi connectivity index (χ3v) is 8.42. The highest BCUT2D eigenvalue weighted by molar-refractivity contribution is 5.92. The topological polar surface area (TPSA) is 93.2 Å². The summed E-state index contributed by atoms with van der Waals surface area (Å²) < 4.78 is 0. The number of fused-ring (bicyclic) bond motifs is 2. The van der Waals surface area contributed by atoms with Crippen molar-refractivity contribution in [3.8, 4) is 5.75 Å². The fourth-order valence-electron chi connectivity index (χ4n) is 6.27. The molecule has 2 N–H and O–H groups in total. The van der Waals surface area contributed by atoms with Gasteiger partial charge < -0.3 is 25.1 Å². The molecule has 214 valence electrons. The summed E-state index contributed by atoms with van der Waals surface area (Å²) in [4.78, 5) is 46.6. The molecule has 4 aromatic carbocycles. The first kappa shape index (κ1) is 27.3. The number of carbonyl (C=O) groups is 3. The first-order valence-electron chi connectivity index (χ1n) is 14.4. The summed E-state index contributed by atoms with van der Waals surface area (Å²) in [6.45, 7) is 2.91. The van der Waals surface area contributed by atoms with Crippen LogP contribution < -0.4 is 5.32 Å². The summed E-state index contributed by atoms with van der Waals surface area (Å²) in [5, 5.41) is 15.0. The Labute approximate surface area is 245 Å². The summed E-state index contributed by atoms with van der Waals surface area (Å²) in [6.07, 6.45) is -0.207. The molecule has 0 saturated carbocycles. The lowest BCUT2D eigenvalue weighted by Crippen LogP contribution is -2.75. The van der Waals surface area contributed by atoms with Crippen molar-refractivity contribution in [2.45, 2.75) is 51.1 Å². The third-order valence-electron chi connectivity index (χ3n) is 8.42. The third kappa shape index (κ3) is 5.28. The highest BCUT2D eigenvalue weighted by Crippen LogP contribution is 2.33. The van der Waals surface area contributed by atoms with Crippen molar-refractivity contribution < 1.29 is 19.5 Å². The molecule has 2 aliphatic heterocycles. The maximum Gasteiger partial charge on any atom is 0.319 e. The van der Waals surface area contributed by atoms with Crippen LogP contribution in [0.15, 0.2) is 97.1 Å². The molecule has 2 heterocycles. The lowest BCUT2D eigenvalue weighted by molar-refractivity contribution is -0.173.